The third-order valence-corrected chi connectivity index (χ3v) is 6.07. The standard InChI is InChI=1S/C21H26FN3O2/c1-15-11-19(23-18-4-3-16(22)12-17(15)18)24-8-2-6-21(13-24)7-5-20(27)25(14-21)9-10-26/h3-4,11-12,26H,2,5-10,13-14H2,1H3. The Bertz CT molecular complexity index is 872. The fraction of sp³-hybridized carbons (Fsp3) is 0.524. The average molecular weight is 371 g/mol. The number of benzene rings is 1. The number of piperidine rings is 2. The van der Waals surface area contributed by atoms with Crippen molar-refractivity contribution in [3.8, 4) is 0 Å². The number of aromatic nitrogens is 1. The molecule has 1 aromatic carbocycles. The van der Waals surface area contributed by atoms with E-state index in [9.17, 15) is 14.3 Å². The molecule has 2 aromatic rings. The van der Waals surface area contributed by atoms with E-state index < -0.39 is 0 Å². The van der Waals surface area contributed by atoms with Gasteiger partial charge in [-0.05, 0) is 56.0 Å². The SMILES string of the molecule is Cc1cc(N2CCCC3(CCC(=O)N(CCO)C3)C2)nc2ccc(F)cc12. The molecule has 5 nitrogen and oxygen atoms in total. The summed E-state index contributed by atoms with van der Waals surface area (Å²) < 4.78 is 13.6. The number of rotatable bonds is 3. The number of fused-ring (bicyclic) bond motifs is 1. The number of carbonyl (C=O) groups is 1. The summed E-state index contributed by atoms with van der Waals surface area (Å²) in [6, 6.07) is 6.78. The molecule has 27 heavy (non-hydrogen) atoms. The molecule has 2 fully saturated rings. The van der Waals surface area contributed by atoms with E-state index >= 15 is 0 Å². The summed E-state index contributed by atoms with van der Waals surface area (Å²) in [5, 5.41) is 10.1. The Morgan fingerprint density at radius 3 is 2.93 bits per heavy atom. The molecule has 2 aliphatic heterocycles. The first-order valence-corrected chi connectivity index (χ1v) is 9.70. The topological polar surface area (TPSA) is 56.7 Å². The highest BCUT2D eigenvalue weighted by atomic mass is 19.1. The van der Waals surface area contributed by atoms with Gasteiger partial charge in [-0.1, -0.05) is 0 Å². The number of hydrogen-bond donors (Lipinski definition) is 1. The van der Waals surface area contributed by atoms with Crippen LogP contribution < -0.4 is 4.90 Å². The van der Waals surface area contributed by atoms with Crippen LogP contribution in [0.15, 0.2) is 24.3 Å². The van der Waals surface area contributed by atoms with Crippen LogP contribution in [0.2, 0.25) is 0 Å². The number of aliphatic hydroxyl groups excluding tert-OH is 1. The van der Waals surface area contributed by atoms with E-state index in [1.165, 1.54) is 6.07 Å². The minimum Gasteiger partial charge on any atom is -0.395 e. The summed E-state index contributed by atoms with van der Waals surface area (Å²) in [5.41, 5.74) is 1.90. The summed E-state index contributed by atoms with van der Waals surface area (Å²) in [5.74, 6) is 0.831. The molecule has 2 saturated heterocycles. The van der Waals surface area contributed by atoms with Gasteiger partial charge in [0.15, 0.2) is 0 Å². The molecule has 0 saturated carbocycles. The van der Waals surface area contributed by atoms with Gasteiger partial charge in [0.1, 0.15) is 11.6 Å². The number of amides is 1. The van der Waals surface area contributed by atoms with Crippen LogP contribution in [-0.4, -0.2) is 53.7 Å². The van der Waals surface area contributed by atoms with Gasteiger partial charge in [0.2, 0.25) is 5.91 Å². The first kappa shape index (κ1) is 18.2. The number of aryl methyl sites for hydroxylation is 1. The van der Waals surface area contributed by atoms with Gasteiger partial charge in [0.25, 0.3) is 0 Å². The Labute approximate surface area is 158 Å². The largest absolute Gasteiger partial charge is 0.395 e. The first-order chi connectivity index (χ1) is 13.0. The van der Waals surface area contributed by atoms with Crippen LogP contribution in [-0.2, 0) is 4.79 Å². The minimum atomic E-state index is -0.243. The zero-order chi connectivity index (χ0) is 19.0. The van der Waals surface area contributed by atoms with Crippen molar-refractivity contribution in [2.45, 2.75) is 32.6 Å². The number of pyridine rings is 1. The summed E-state index contributed by atoms with van der Waals surface area (Å²) in [4.78, 5) is 21.1. The van der Waals surface area contributed by atoms with E-state index in [0.29, 0.717) is 19.5 Å². The molecule has 1 spiro atoms. The number of hydrogen-bond acceptors (Lipinski definition) is 4. The zero-order valence-electron chi connectivity index (χ0n) is 15.7. The van der Waals surface area contributed by atoms with Gasteiger partial charge >= 0.3 is 0 Å². The van der Waals surface area contributed by atoms with Crippen molar-refractivity contribution in [2.24, 2.45) is 5.41 Å². The molecule has 0 radical (unpaired) electrons. The van der Waals surface area contributed by atoms with E-state index in [2.05, 4.69) is 4.90 Å². The highest BCUT2D eigenvalue weighted by Gasteiger charge is 2.41. The molecule has 6 heteroatoms. The van der Waals surface area contributed by atoms with Crippen molar-refractivity contribution in [1.82, 2.24) is 9.88 Å². The van der Waals surface area contributed by atoms with Gasteiger partial charge < -0.3 is 14.9 Å². The normalized spacial score (nSPS) is 23.4. The Morgan fingerprint density at radius 1 is 1.26 bits per heavy atom. The van der Waals surface area contributed by atoms with E-state index in [-0.39, 0.29) is 23.7 Å². The van der Waals surface area contributed by atoms with E-state index in [0.717, 1.165) is 54.6 Å². The Kier molecular flexibility index (Phi) is 4.76. The molecule has 1 N–H and O–H groups in total. The van der Waals surface area contributed by atoms with Crippen molar-refractivity contribution in [2.75, 3.05) is 37.7 Å². The lowest BCUT2D eigenvalue weighted by Crippen LogP contribution is -2.54. The summed E-state index contributed by atoms with van der Waals surface area (Å²) in [7, 11) is 0. The smallest absolute Gasteiger partial charge is 0.222 e. The van der Waals surface area contributed by atoms with Crippen LogP contribution in [0.4, 0.5) is 10.2 Å². The predicted molar refractivity (Wildman–Crippen MR) is 103 cm³/mol. The van der Waals surface area contributed by atoms with Gasteiger partial charge in [-0.3, -0.25) is 4.79 Å². The zero-order valence-corrected chi connectivity index (χ0v) is 15.7. The lowest BCUT2D eigenvalue weighted by molar-refractivity contribution is -0.138. The van der Waals surface area contributed by atoms with Gasteiger partial charge in [0, 0.05) is 43.4 Å². The Balaban J connectivity index is 1.61. The molecule has 0 aliphatic carbocycles. The summed E-state index contributed by atoms with van der Waals surface area (Å²) >= 11 is 0. The number of carbonyl (C=O) groups excluding carboxylic acids is 1. The summed E-state index contributed by atoms with van der Waals surface area (Å²) in [6.45, 7) is 4.93. The molecule has 1 unspecified atom stereocenters. The van der Waals surface area contributed by atoms with Crippen LogP contribution in [0.25, 0.3) is 10.9 Å². The third-order valence-electron chi connectivity index (χ3n) is 6.07. The van der Waals surface area contributed by atoms with Crippen molar-refractivity contribution in [1.29, 1.82) is 0 Å². The lowest BCUT2D eigenvalue weighted by Gasteiger charge is -2.48. The highest BCUT2D eigenvalue weighted by Crippen LogP contribution is 2.40. The van der Waals surface area contributed by atoms with E-state index in [1.807, 2.05) is 17.9 Å². The van der Waals surface area contributed by atoms with Crippen molar-refractivity contribution < 1.29 is 14.3 Å². The molecule has 144 valence electrons. The fourth-order valence-electron chi connectivity index (χ4n) is 4.67. The second-order valence-electron chi connectivity index (χ2n) is 8.02. The van der Waals surface area contributed by atoms with Gasteiger partial charge in [-0.2, -0.15) is 0 Å². The molecule has 1 aromatic heterocycles. The Morgan fingerprint density at radius 2 is 2.11 bits per heavy atom. The second-order valence-corrected chi connectivity index (χ2v) is 8.02. The summed E-state index contributed by atoms with van der Waals surface area (Å²) in [6.07, 6.45) is 3.60. The van der Waals surface area contributed by atoms with E-state index in [1.54, 1.807) is 12.1 Å². The van der Waals surface area contributed by atoms with Crippen molar-refractivity contribution in [3.05, 3.63) is 35.6 Å². The number of aliphatic hydroxyl groups is 1. The first-order valence-electron chi connectivity index (χ1n) is 9.70. The van der Waals surface area contributed by atoms with Crippen LogP contribution in [0.5, 0.6) is 0 Å². The maximum Gasteiger partial charge on any atom is 0.222 e. The van der Waals surface area contributed by atoms with Crippen LogP contribution >= 0.6 is 0 Å². The van der Waals surface area contributed by atoms with E-state index in [4.69, 9.17) is 4.98 Å². The Hall–Kier alpha value is -2.21. The molecule has 0 bridgehead atoms. The molecule has 1 atom stereocenters. The van der Waals surface area contributed by atoms with Gasteiger partial charge in [-0.25, -0.2) is 9.37 Å². The van der Waals surface area contributed by atoms with Crippen molar-refractivity contribution >= 4 is 22.6 Å². The van der Waals surface area contributed by atoms with Crippen LogP contribution in [0.1, 0.15) is 31.2 Å². The van der Waals surface area contributed by atoms with Crippen LogP contribution in [0, 0.1) is 18.2 Å². The van der Waals surface area contributed by atoms with Crippen LogP contribution in [0.3, 0.4) is 0 Å². The third kappa shape index (κ3) is 3.50. The number of anilines is 1. The number of likely N-dealkylation sites (tertiary alicyclic amines) is 1. The predicted octanol–water partition coefficient (Wildman–Crippen LogP) is 2.88. The highest BCUT2D eigenvalue weighted by molar-refractivity contribution is 5.84. The fourth-order valence-corrected chi connectivity index (χ4v) is 4.67. The molecular weight excluding hydrogens is 345 g/mol. The quantitative estimate of drug-likeness (QED) is 0.901. The second kappa shape index (κ2) is 7.08. The molecule has 1 amide bonds. The van der Waals surface area contributed by atoms with Crippen molar-refractivity contribution in [3.63, 3.8) is 0 Å². The maximum atomic E-state index is 13.6. The molecule has 3 heterocycles. The maximum absolute atomic E-state index is 13.6. The van der Waals surface area contributed by atoms with Gasteiger partial charge in [-0.15, -0.1) is 0 Å². The number of halogens is 1. The lowest BCUT2D eigenvalue weighted by atomic mass is 9.73. The minimum absolute atomic E-state index is 0.00746. The molecule has 4 rings (SSSR count). The molecular formula is C21H26FN3O2. The number of β-amino-alcohol motifs (C(OH)–C–C–N with tert-alkyl or cyclic N) is 1. The molecule has 2 aliphatic rings. The monoisotopic (exact) mass is 371 g/mol. The average Bonchev–Trinajstić information content (AvgIpc) is 2.66. The van der Waals surface area contributed by atoms with Gasteiger partial charge in [0.05, 0.1) is 12.1 Å². The number of nitrogens with zero attached hydrogens (tertiary/aromatic N) is 3.